The highest BCUT2D eigenvalue weighted by Crippen LogP contribution is 2.25. The average molecular weight is 348 g/mol. The third-order valence-corrected chi connectivity index (χ3v) is 4.25. The molecule has 3 nitrogen and oxygen atoms in total. The van der Waals surface area contributed by atoms with Gasteiger partial charge in [-0.15, -0.1) is 0 Å². The Morgan fingerprint density at radius 1 is 1.24 bits per heavy atom. The standard InChI is InChI=1S/C17H22BrN3/c1-3-16(19)17(14-5-4-10-20-11-14)21(2)12-13-6-8-15(18)9-7-13/h4-11,16-17H,3,12,19H2,1-2H3. The van der Waals surface area contributed by atoms with Gasteiger partial charge in [0.2, 0.25) is 0 Å². The Morgan fingerprint density at radius 3 is 2.52 bits per heavy atom. The number of nitrogens with two attached hydrogens (primary N) is 1. The lowest BCUT2D eigenvalue weighted by molar-refractivity contribution is 0.201. The van der Waals surface area contributed by atoms with Gasteiger partial charge in [-0.05, 0) is 42.8 Å². The molecular formula is C17H22BrN3. The van der Waals surface area contributed by atoms with E-state index in [2.05, 4.69) is 70.1 Å². The van der Waals surface area contributed by atoms with Gasteiger partial charge in [-0.25, -0.2) is 0 Å². The van der Waals surface area contributed by atoms with E-state index in [9.17, 15) is 0 Å². The van der Waals surface area contributed by atoms with Crippen molar-refractivity contribution in [3.63, 3.8) is 0 Å². The molecule has 2 atom stereocenters. The topological polar surface area (TPSA) is 42.1 Å². The first-order valence-corrected chi connectivity index (χ1v) is 8.01. The number of likely N-dealkylation sites (N-methyl/N-ethyl adjacent to an activating group) is 1. The van der Waals surface area contributed by atoms with E-state index < -0.39 is 0 Å². The molecule has 0 amide bonds. The fourth-order valence-electron chi connectivity index (χ4n) is 2.58. The highest BCUT2D eigenvalue weighted by Gasteiger charge is 2.23. The second-order valence-corrected chi connectivity index (χ2v) is 6.26. The molecule has 4 heteroatoms. The zero-order chi connectivity index (χ0) is 15.2. The summed E-state index contributed by atoms with van der Waals surface area (Å²) in [5.74, 6) is 0. The minimum Gasteiger partial charge on any atom is -0.326 e. The second-order valence-electron chi connectivity index (χ2n) is 5.34. The van der Waals surface area contributed by atoms with Gasteiger partial charge in [0.25, 0.3) is 0 Å². The van der Waals surface area contributed by atoms with Gasteiger partial charge in [-0.3, -0.25) is 9.88 Å². The van der Waals surface area contributed by atoms with Crippen LogP contribution in [0.2, 0.25) is 0 Å². The van der Waals surface area contributed by atoms with Crippen molar-refractivity contribution in [1.29, 1.82) is 0 Å². The first-order valence-electron chi connectivity index (χ1n) is 7.22. The van der Waals surface area contributed by atoms with E-state index in [0.29, 0.717) is 0 Å². The van der Waals surface area contributed by atoms with Gasteiger partial charge in [0.05, 0.1) is 6.04 Å². The quantitative estimate of drug-likeness (QED) is 0.864. The summed E-state index contributed by atoms with van der Waals surface area (Å²) in [6.07, 6.45) is 4.65. The van der Waals surface area contributed by atoms with Gasteiger partial charge in [0, 0.05) is 29.5 Å². The largest absolute Gasteiger partial charge is 0.326 e. The van der Waals surface area contributed by atoms with E-state index in [4.69, 9.17) is 5.73 Å². The van der Waals surface area contributed by atoms with Crippen molar-refractivity contribution >= 4 is 15.9 Å². The van der Waals surface area contributed by atoms with Crippen molar-refractivity contribution in [3.8, 4) is 0 Å². The molecule has 0 radical (unpaired) electrons. The van der Waals surface area contributed by atoms with Crippen molar-refractivity contribution in [1.82, 2.24) is 9.88 Å². The zero-order valence-corrected chi connectivity index (χ0v) is 14.1. The normalized spacial score (nSPS) is 14.1. The summed E-state index contributed by atoms with van der Waals surface area (Å²) < 4.78 is 1.10. The molecule has 0 aliphatic carbocycles. The van der Waals surface area contributed by atoms with E-state index in [-0.39, 0.29) is 12.1 Å². The summed E-state index contributed by atoms with van der Waals surface area (Å²) in [6.45, 7) is 2.99. The first-order chi connectivity index (χ1) is 10.1. The molecule has 0 bridgehead atoms. The predicted octanol–water partition coefficient (Wildman–Crippen LogP) is 3.75. The van der Waals surface area contributed by atoms with Crippen LogP contribution >= 0.6 is 15.9 Å². The Kier molecular flexibility index (Phi) is 5.91. The monoisotopic (exact) mass is 347 g/mol. The molecule has 1 heterocycles. The van der Waals surface area contributed by atoms with E-state index in [1.54, 1.807) is 6.20 Å². The molecule has 2 aromatic rings. The number of halogens is 1. The van der Waals surface area contributed by atoms with Crippen molar-refractivity contribution < 1.29 is 0 Å². The van der Waals surface area contributed by atoms with Gasteiger partial charge < -0.3 is 5.73 Å². The van der Waals surface area contributed by atoms with E-state index in [1.165, 1.54) is 11.1 Å². The number of rotatable bonds is 6. The molecule has 2 rings (SSSR count). The second kappa shape index (κ2) is 7.69. The van der Waals surface area contributed by atoms with Gasteiger partial charge in [-0.1, -0.05) is 41.1 Å². The molecule has 112 valence electrons. The molecule has 0 aliphatic heterocycles. The highest BCUT2D eigenvalue weighted by atomic mass is 79.9. The van der Waals surface area contributed by atoms with Crippen LogP contribution in [-0.2, 0) is 6.54 Å². The van der Waals surface area contributed by atoms with Gasteiger partial charge in [0.1, 0.15) is 0 Å². The lowest BCUT2D eigenvalue weighted by Crippen LogP contribution is -2.38. The van der Waals surface area contributed by atoms with Crippen molar-refractivity contribution in [2.75, 3.05) is 7.05 Å². The number of nitrogens with zero attached hydrogens (tertiary/aromatic N) is 2. The molecule has 0 saturated heterocycles. The van der Waals surface area contributed by atoms with Crippen LogP contribution in [-0.4, -0.2) is 23.0 Å². The van der Waals surface area contributed by atoms with Crippen molar-refractivity contribution in [2.24, 2.45) is 5.73 Å². The Bertz CT molecular complexity index is 542. The van der Waals surface area contributed by atoms with Crippen molar-refractivity contribution in [2.45, 2.75) is 32.0 Å². The highest BCUT2D eigenvalue weighted by molar-refractivity contribution is 9.10. The molecule has 0 aliphatic rings. The van der Waals surface area contributed by atoms with Crippen LogP contribution in [0.4, 0.5) is 0 Å². The van der Waals surface area contributed by atoms with Crippen LogP contribution in [0.3, 0.4) is 0 Å². The maximum absolute atomic E-state index is 6.35. The van der Waals surface area contributed by atoms with Crippen LogP contribution in [0.25, 0.3) is 0 Å². The van der Waals surface area contributed by atoms with Crippen LogP contribution in [0, 0.1) is 0 Å². The molecule has 21 heavy (non-hydrogen) atoms. The summed E-state index contributed by atoms with van der Waals surface area (Å²) in [7, 11) is 2.12. The molecule has 1 aromatic carbocycles. The smallest absolute Gasteiger partial charge is 0.0514 e. The van der Waals surface area contributed by atoms with Crippen LogP contribution < -0.4 is 5.73 Å². The molecule has 2 unspecified atom stereocenters. The number of benzene rings is 1. The Hall–Kier alpha value is -1.23. The summed E-state index contributed by atoms with van der Waals surface area (Å²) in [4.78, 5) is 6.53. The van der Waals surface area contributed by atoms with E-state index in [1.807, 2.05) is 12.3 Å². The minimum absolute atomic E-state index is 0.0923. The summed E-state index contributed by atoms with van der Waals surface area (Å²) in [5, 5.41) is 0. The fourth-order valence-corrected chi connectivity index (χ4v) is 2.84. The molecule has 0 fully saturated rings. The van der Waals surface area contributed by atoms with E-state index >= 15 is 0 Å². The van der Waals surface area contributed by atoms with Gasteiger partial charge in [0.15, 0.2) is 0 Å². The van der Waals surface area contributed by atoms with Gasteiger partial charge in [-0.2, -0.15) is 0 Å². The Morgan fingerprint density at radius 2 is 1.95 bits per heavy atom. The lowest BCUT2D eigenvalue weighted by atomic mass is 9.97. The Balaban J connectivity index is 2.18. The van der Waals surface area contributed by atoms with Crippen LogP contribution in [0.5, 0.6) is 0 Å². The summed E-state index contributed by atoms with van der Waals surface area (Å²) in [5.41, 5.74) is 8.80. The third-order valence-electron chi connectivity index (χ3n) is 3.72. The first kappa shape index (κ1) is 16.1. The van der Waals surface area contributed by atoms with Crippen LogP contribution in [0.15, 0.2) is 53.3 Å². The molecule has 1 aromatic heterocycles. The fraction of sp³-hybridized carbons (Fsp3) is 0.353. The van der Waals surface area contributed by atoms with Crippen LogP contribution in [0.1, 0.15) is 30.5 Å². The maximum Gasteiger partial charge on any atom is 0.0514 e. The number of pyridine rings is 1. The molecule has 2 N–H and O–H groups in total. The van der Waals surface area contributed by atoms with Gasteiger partial charge >= 0.3 is 0 Å². The third kappa shape index (κ3) is 4.37. The number of aromatic nitrogens is 1. The summed E-state index contributed by atoms with van der Waals surface area (Å²) in [6, 6.07) is 12.8. The molecule has 0 spiro atoms. The lowest BCUT2D eigenvalue weighted by Gasteiger charge is -2.32. The SMILES string of the molecule is CCC(N)C(c1cccnc1)N(C)Cc1ccc(Br)cc1. The molecular weight excluding hydrogens is 326 g/mol. The predicted molar refractivity (Wildman–Crippen MR) is 90.9 cm³/mol. The van der Waals surface area contributed by atoms with Crippen molar-refractivity contribution in [3.05, 3.63) is 64.4 Å². The summed E-state index contributed by atoms with van der Waals surface area (Å²) >= 11 is 3.47. The average Bonchev–Trinajstić information content (AvgIpc) is 2.50. The number of hydrogen-bond acceptors (Lipinski definition) is 3. The maximum atomic E-state index is 6.35. The minimum atomic E-state index is 0.0923. The Labute approximate surface area is 135 Å². The molecule has 0 saturated carbocycles. The number of hydrogen-bond donors (Lipinski definition) is 1. The zero-order valence-electron chi connectivity index (χ0n) is 12.5. The van der Waals surface area contributed by atoms with E-state index in [0.717, 1.165) is 17.4 Å².